The number of para-hydroxylation sites is 1. The SMILES string of the molecule is c1ccc(C2(c3ccccc3)c3ccccc3-c3cc4c(-c5ccc(-c6ccc7c(ccc8cc(-c9ccnc%10c9ccc9cccnc9%10)ccc87)c6)cc5)nc5ccccc5c4cc32)cc1. The van der Waals surface area contributed by atoms with Crippen molar-refractivity contribution >= 4 is 65.0 Å². The van der Waals surface area contributed by atoms with Crippen LogP contribution in [-0.4, -0.2) is 15.0 Å². The second kappa shape index (κ2) is 14.6. The summed E-state index contributed by atoms with van der Waals surface area (Å²) in [6.07, 6.45) is 3.74. The van der Waals surface area contributed by atoms with E-state index in [-0.39, 0.29) is 0 Å². The summed E-state index contributed by atoms with van der Waals surface area (Å²) in [4.78, 5) is 14.8. The molecule has 14 rings (SSSR count). The van der Waals surface area contributed by atoms with E-state index in [1.54, 1.807) is 0 Å². The predicted molar refractivity (Wildman–Crippen MR) is 278 cm³/mol. The van der Waals surface area contributed by atoms with E-state index in [4.69, 9.17) is 9.97 Å². The van der Waals surface area contributed by atoms with Gasteiger partial charge in [0.05, 0.1) is 27.7 Å². The average molecular weight is 850 g/mol. The van der Waals surface area contributed by atoms with Gasteiger partial charge in [-0.2, -0.15) is 0 Å². The van der Waals surface area contributed by atoms with Gasteiger partial charge in [-0.15, -0.1) is 0 Å². The van der Waals surface area contributed by atoms with Gasteiger partial charge in [-0.3, -0.25) is 9.97 Å². The maximum Gasteiger partial charge on any atom is 0.0970 e. The molecule has 0 saturated heterocycles. The van der Waals surface area contributed by atoms with Gasteiger partial charge in [0.25, 0.3) is 0 Å². The number of nitrogens with zero attached hydrogens (tertiary/aromatic N) is 3. The van der Waals surface area contributed by atoms with Gasteiger partial charge in [0, 0.05) is 39.5 Å². The van der Waals surface area contributed by atoms with E-state index in [0.29, 0.717) is 0 Å². The van der Waals surface area contributed by atoms with Gasteiger partial charge in [-0.05, 0) is 125 Å². The molecule has 0 bridgehead atoms. The second-order valence-corrected chi connectivity index (χ2v) is 17.9. The molecular weight excluding hydrogens is 811 g/mol. The van der Waals surface area contributed by atoms with Crippen molar-refractivity contribution < 1.29 is 0 Å². The molecule has 0 saturated carbocycles. The first-order valence-electron chi connectivity index (χ1n) is 23.0. The minimum atomic E-state index is -0.479. The lowest BCUT2D eigenvalue weighted by Crippen LogP contribution is -2.28. The molecule has 10 aromatic carbocycles. The Labute approximate surface area is 387 Å². The Hall–Kier alpha value is -8.79. The zero-order valence-electron chi connectivity index (χ0n) is 36.4. The van der Waals surface area contributed by atoms with Crippen LogP contribution in [0.5, 0.6) is 0 Å². The fourth-order valence-electron chi connectivity index (χ4n) is 11.4. The van der Waals surface area contributed by atoms with E-state index >= 15 is 0 Å². The molecular formula is C64H39N3. The molecule has 3 heterocycles. The van der Waals surface area contributed by atoms with E-state index in [9.17, 15) is 0 Å². The zero-order valence-corrected chi connectivity index (χ0v) is 36.4. The molecule has 67 heavy (non-hydrogen) atoms. The fourth-order valence-corrected chi connectivity index (χ4v) is 11.4. The molecule has 1 aliphatic carbocycles. The quantitative estimate of drug-likeness (QED) is 0.162. The van der Waals surface area contributed by atoms with Crippen molar-refractivity contribution in [3.63, 3.8) is 0 Å². The first-order chi connectivity index (χ1) is 33.2. The van der Waals surface area contributed by atoms with E-state index in [1.165, 1.54) is 77.0 Å². The number of pyridine rings is 3. The first-order valence-corrected chi connectivity index (χ1v) is 23.0. The Morgan fingerprint density at radius 3 is 1.72 bits per heavy atom. The van der Waals surface area contributed by atoms with Gasteiger partial charge in [0.2, 0.25) is 0 Å². The topological polar surface area (TPSA) is 38.7 Å². The molecule has 1 aliphatic rings. The second-order valence-electron chi connectivity index (χ2n) is 17.9. The summed E-state index contributed by atoms with van der Waals surface area (Å²) >= 11 is 0. The van der Waals surface area contributed by atoms with Crippen LogP contribution in [0.3, 0.4) is 0 Å². The molecule has 0 amide bonds. The van der Waals surface area contributed by atoms with Crippen molar-refractivity contribution in [2.24, 2.45) is 0 Å². The number of aromatic nitrogens is 3. The zero-order chi connectivity index (χ0) is 44.1. The lowest BCUT2D eigenvalue weighted by Gasteiger charge is -2.34. The smallest absolute Gasteiger partial charge is 0.0970 e. The molecule has 310 valence electrons. The van der Waals surface area contributed by atoms with Gasteiger partial charge >= 0.3 is 0 Å². The fraction of sp³-hybridized carbons (Fsp3) is 0.0156. The van der Waals surface area contributed by atoms with Gasteiger partial charge in [0.1, 0.15) is 0 Å². The Kier molecular flexibility index (Phi) is 8.20. The molecule has 3 heteroatoms. The highest BCUT2D eigenvalue weighted by Gasteiger charge is 2.46. The average Bonchev–Trinajstić information content (AvgIpc) is 3.70. The normalized spacial score (nSPS) is 12.9. The highest BCUT2D eigenvalue weighted by Crippen LogP contribution is 2.57. The van der Waals surface area contributed by atoms with Gasteiger partial charge in [-0.25, -0.2) is 4.98 Å². The van der Waals surface area contributed by atoms with Gasteiger partial charge in [0.15, 0.2) is 0 Å². The highest BCUT2D eigenvalue weighted by molar-refractivity contribution is 6.14. The van der Waals surface area contributed by atoms with E-state index < -0.39 is 5.41 Å². The van der Waals surface area contributed by atoms with Crippen LogP contribution in [0, 0.1) is 0 Å². The highest BCUT2D eigenvalue weighted by atomic mass is 14.7. The molecule has 0 unspecified atom stereocenters. The standard InChI is InChI=1S/C64H39N3/c1-3-13-47(14-4-1)64(48-15-5-2-6-16-48)58-19-9-7-17-52(58)56-38-57-55(39-59(56)64)53-18-8-10-20-60(53)67-61(57)42-23-21-40(22-24-42)43-28-30-49-44(36-43)25-26-45-37-46(29-31-50(45)49)51-33-35-66-63-54(51)32-27-41-12-11-34-65-62(41)63/h1-39H. The molecule has 3 nitrogen and oxygen atoms in total. The molecule has 0 radical (unpaired) electrons. The van der Waals surface area contributed by atoms with Crippen LogP contribution >= 0.6 is 0 Å². The van der Waals surface area contributed by atoms with Crippen LogP contribution in [0.1, 0.15) is 22.3 Å². The molecule has 13 aromatic rings. The van der Waals surface area contributed by atoms with Crippen LogP contribution in [-0.2, 0) is 5.41 Å². The molecule has 0 fully saturated rings. The van der Waals surface area contributed by atoms with Gasteiger partial charge < -0.3 is 0 Å². The predicted octanol–water partition coefficient (Wildman–Crippen LogP) is 16.2. The Morgan fingerprint density at radius 1 is 0.299 bits per heavy atom. The van der Waals surface area contributed by atoms with Crippen LogP contribution in [0.15, 0.2) is 237 Å². The van der Waals surface area contributed by atoms with Crippen molar-refractivity contribution in [1.82, 2.24) is 15.0 Å². The van der Waals surface area contributed by atoms with E-state index in [0.717, 1.165) is 54.9 Å². The number of benzene rings is 10. The van der Waals surface area contributed by atoms with Crippen molar-refractivity contribution in [2.45, 2.75) is 5.41 Å². The Balaban J connectivity index is 0.865. The lowest BCUT2D eigenvalue weighted by atomic mass is 9.67. The lowest BCUT2D eigenvalue weighted by molar-refractivity contribution is 0.769. The summed E-state index contributed by atoms with van der Waals surface area (Å²) in [7, 11) is 0. The van der Waals surface area contributed by atoms with E-state index in [1.807, 2.05) is 18.5 Å². The summed E-state index contributed by atoms with van der Waals surface area (Å²) < 4.78 is 0. The Bertz CT molecular complexity index is 4100. The maximum atomic E-state index is 5.43. The monoisotopic (exact) mass is 849 g/mol. The van der Waals surface area contributed by atoms with Crippen LogP contribution in [0.2, 0.25) is 0 Å². The maximum absolute atomic E-state index is 5.43. The third kappa shape index (κ3) is 5.62. The minimum Gasteiger partial charge on any atom is -0.254 e. The minimum absolute atomic E-state index is 0.479. The van der Waals surface area contributed by atoms with Crippen molar-refractivity contribution in [3.05, 3.63) is 259 Å². The molecule has 3 aromatic heterocycles. The molecule has 0 spiro atoms. The Morgan fingerprint density at radius 2 is 0.925 bits per heavy atom. The third-order valence-corrected chi connectivity index (χ3v) is 14.4. The number of rotatable bonds is 5. The van der Waals surface area contributed by atoms with Crippen molar-refractivity contribution in [3.8, 4) is 44.6 Å². The summed E-state index contributed by atoms with van der Waals surface area (Å²) in [5.74, 6) is 0. The summed E-state index contributed by atoms with van der Waals surface area (Å²) in [5, 5.41) is 10.6. The summed E-state index contributed by atoms with van der Waals surface area (Å²) in [6, 6.07) is 82.2. The van der Waals surface area contributed by atoms with Crippen LogP contribution in [0.4, 0.5) is 0 Å². The number of hydrogen-bond donors (Lipinski definition) is 0. The van der Waals surface area contributed by atoms with Crippen LogP contribution in [0.25, 0.3) is 110 Å². The molecule has 0 N–H and O–H groups in total. The van der Waals surface area contributed by atoms with Crippen molar-refractivity contribution in [1.29, 1.82) is 0 Å². The van der Waals surface area contributed by atoms with Crippen LogP contribution < -0.4 is 0 Å². The third-order valence-electron chi connectivity index (χ3n) is 14.4. The first kappa shape index (κ1) is 37.6. The van der Waals surface area contributed by atoms with Gasteiger partial charge in [-0.1, -0.05) is 182 Å². The summed E-state index contributed by atoms with van der Waals surface area (Å²) in [5.41, 5.74) is 16.8. The number of fused-ring (bicyclic) bond motifs is 12. The summed E-state index contributed by atoms with van der Waals surface area (Å²) in [6.45, 7) is 0. The molecule has 0 aliphatic heterocycles. The number of hydrogen-bond acceptors (Lipinski definition) is 3. The molecule has 0 atom stereocenters. The van der Waals surface area contributed by atoms with E-state index in [2.05, 4.69) is 223 Å². The largest absolute Gasteiger partial charge is 0.254 e. The van der Waals surface area contributed by atoms with Crippen molar-refractivity contribution in [2.75, 3.05) is 0 Å².